The van der Waals surface area contributed by atoms with Gasteiger partial charge in [0.05, 0.1) is 22.8 Å². The predicted octanol–water partition coefficient (Wildman–Crippen LogP) is 17.3. The maximum atomic E-state index is 2.56. The van der Waals surface area contributed by atoms with Crippen molar-refractivity contribution < 1.29 is 0 Å². The van der Waals surface area contributed by atoms with Crippen molar-refractivity contribution in [2.45, 2.75) is 13.0 Å². The first-order chi connectivity index (χ1) is 33.2. The van der Waals surface area contributed by atoms with Gasteiger partial charge in [0.1, 0.15) is 0 Å². The lowest BCUT2D eigenvalue weighted by molar-refractivity contribution is 0.610. The standard InChI is InChI=1S/C63H48N4/c1-45-19-11-16-32-59(45)67(61-34-18-23-47-21-13-15-31-56(47)61)54-40-42-63-58(44-54)57-43-53(65(50-28-9-4-10-29-50)60-33-17-22-46-20-12-14-30-55(46)60)39-41-62(57)66(63)52-37-35-51(36-38-52)64(48-24-5-2-6-25-48)49-26-7-3-8-27-49/h2-45,59H,1H3. The smallest absolute Gasteiger partial charge is 0.0585 e. The first kappa shape index (κ1) is 40.0. The Bertz CT molecular complexity index is 3560. The minimum atomic E-state index is 0.113. The van der Waals surface area contributed by atoms with Crippen LogP contribution in [0.5, 0.6) is 0 Å². The molecule has 0 spiro atoms. The van der Waals surface area contributed by atoms with Crippen LogP contribution in [0, 0.1) is 5.92 Å². The third-order valence-electron chi connectivity index (χ3n) is 13.4. The summed E-state index contributed by atoms with van der Waals surface area (Å²) in [5, 5.41) is 7.24. The zero-order valence-corrected chi connectivity index (χ0v) is 37.3. The molecule has 4 heteroatoms. The average Bonchev–Trinajstić information content (AvgIpc) is 3.71. The van der Waals surface area contributed by atoms with Gasteiger partial charge < -0.3 is 19.3 Å². The van der Waals surface area contributed by atoms with Crippen LogP contribution < -0.4 is 14.7 Å². The molecule has 0 bridgehead atoms. The largest absolute Gasteiger partial charge is 0.333 e. The normalized spacial score (nSPS) is 14.5. The van der Waals surface area contributed by atoms with E-state index in [0.717, 1.165) is 56.5 Å². The van der Waals surface area contributed by atoms with E-state index in [1.54, 1.807) is 0 Å². The third kappa shape index (κ3) is 7.20. The lowest BCUT2D eigenvalue weighted by Gasteiger charge is -2.36. The second-order valence-corrected chi connectivity index (χ2v) is 17.4. The minimum absolute atomic E-state index is 0.113. The second kappa shape index (κ2) is 17.1. The predicted molar refractivity (Wildman–Crippen MR) is 285 cm³/mol. The number of hydrogen-bond acceptors (Lipinski definition) is 3. The average molecular weight is 861 g/mol. The van der Waals surface area contributed by atoms with E-state index in [2.05, 4.69) is 287 Å². The van der Waals surface area contributed by atoms with E-state index in [4.69, 9.17) is 0 Å². The van der Waals surface area contributed by atoms with E-state index in [1.807, 2.05) is 0 Å². The maximum absolute atomic E-state index is 2.56. The summed E-state index contributed by atoms with van der Waals surface area (Å²) in [6, 6.07) is 86.0. The van der Waals surface area contributed by atoms with Gasteiger partial charge in [0.15, 0.2) is 0 Å². The molecule has 0 aliphatic heterocycles. The van der Waals surface area contributed by atoms with Gasteiger partial charge in [-0.2, -0.15) is 0 Å². The van der Waals surface area contributed by atoms with Gasteiger partial charge in [-0.05, 0) is 126 Å². The maximum Gasteiger partial charge on any atom is 0.0585 e. The van der Waals surface area contributed by atoms with E-state index in [-0.39, 0.29) is 12.0 Å². The Morgan fingerprint density at radius 3 is 1.39 bits per heavy atom. The molecular formula is C63H48N4. The third-order valence-corrected chi connectivity index (χ3v) is 13.4. The lowest BCUT2D eigenvalue weighted by Crippen LogP contribution is -2.35. The Morgan fingerprint density at radius 1 is 0.343 bits per heavy atom. The highest BCUT2D eigenvalue weighted by Crippen LogP contribution is 2.45. The molecule has 0 saturated heterocycles. The van der Waals surface area contributed by atoms with Gasteiger partial charge in [0.25, 0.3) is 0 Å². The zero-order chi connectivity index (χ0) is 44.7. The summed E-state index contributed by atoms with van der Waals surface area (Å²) in [4.78, 5) is 7.29. The fourth-order valence-electron chi connectivity index (χ4n) is 10.2. The first-order valence-corrected chi connectivity index (χ1v) is 23.2. The van der Waals surface area contributed by atoms with Crippen molar-refractivity contribution in [3.8, 4) is 5.69 Å². The molecule has 2 unspecified atom stereocenters. The summed E-state index contributed by atoms with van der Waals surface area (Å²) >= 11 is 0. The van der Waals surface area contributed by atoms with Crippen LogP contribution in [0.15, 0.2) is 261 Å². The van der Waals surface area contributed by atoms with Crippen LogP contribution >= 0.6 is 0 Å². The van der Waals surface area contributed by atoms with Gasteiger partial charge in [0.2, 0.25) is 0 Å². The Kier molecular flexibility index (Phi) is 10.2. The summed E-state index contributed by atoms with van der Waals surface area (Å²) in [6.07, 6.45) is 9.06. The molecule has 10 aromatic carbocycles. The van der Waals surface area contributed by atoms with Gasteiger partial charge >= 0.3 is 0 Å². The molecule has 1 aliphatic rings. The molecule has 1 aromatic heterocycles. The molecule has 2 atom stereocenters. The zero-order valence-electron chi connectivity index (χ0n) is 37.3. The SMILES string of the molecule is CC1C=CC=CC1N(c1ccc2c(c1)c1cc(N(c3ccccc3)c3cccc4ccccc34)ccc1n2-c1ccc(N(c2ccccc2)c2ccccc2)cc1)c1cccc2ccccc12. The number of anilines is 8. The second-order valence-electron chi connectivity index (χ2n) is 17.4. The summed E-state index contributed by atoms with van der Waals surface area (Å²) in [5.41, 5.74) is 12.4. The fourth-order valence-corrected chi connectivity index (χ4v) is 10.2. The van der Waals surface area contributed by atoms with Crippen molar-refractivity contribution >= 4 is 88.8 Å². The van der Waals surface area contributed by atoms with Crippen molar-refractivity contribution in [2.75, 3.05) is 14.7 Å². The van der Waals surface area contributed by atoms with Crippen LogP contribution in [0.4, 0.5) is 45.5 Å². The number of benzene rings is 10. The van der Waals surface area contributed by atoms with Crippen molar-refractivity contribution in [2.24, 2.45) is 5.92 Å². The summed E-state index contributed by atoms with van der Waals surface area (Å²) in [7, 11) is 0. The highest BCUT2D eigenvalue weighted by Gasteiger charge is 2.27. The van der Waals surface area contributed by atoms with Gasteiger partial charge in [-0.15, -0.1) is 0 Å². The van der Waals surface area contributed by atoms with E-state index < -0.39 is 0 Å². The van der Waals surface area contributed by atoms with Crippen molar-refractivity contribution in [1.29, 1.82) is 0 Å². The molecule has 1 heterocycles. The summed E-state index contributed by atoms with van der Waals surface area (Å²) in [6.45, 7) is 2.32. The van der Waals surface area contributed by atoms with Gasteiger partial charge in [0, 0.05) is 67.0 Å². The Labute approximate surface area is 391 Å². The van der Waals surface area contributed by atoms with Crippen LogP contribution in [0.25, 0.3) is 49.0 Å². The molecule has 320 valence electrons. The molecule has 0 fully saturated rings. The van der Waals surface area contributed by atoms with Crippen molar-refractivity contribution in [3.05, 3.63) is 261 Å². The molecule has 11 aromatic rings. The number of para-hydroxylation sites is 3. The van der Waals surface area contributed by atoms with Crippen LogP contribution in [-0.2, 0) is 0 Å². The quantitative estimate of drug-likeness (QED) is 0.136. The van der Waals surface area contributed by atoms with Gasteiger partial charge in [-0.1, -0.05) is 159 Å². The number of aromatic nitrogens is 1. The summed E-state index contributed by atoms with van der Waals surface area (Å²) < 4.78 is 2.44. The Balaban J connectivity index is 1.08. The van der Waals surface area contributed by atoms with E-state index in [0.29, 0.717) is 0 Å². The monoisotopic (exact) mass is 860 g/mol. The minimum Gasteiger partial charge on any atom is -0.333 e. The fraction of sp³-hybridized carbons (Fsp3) is 0.0476. The number of hydrogen-bond donors (Lipinski definition) is 0. The molecule has 0 radical (unpaired) electrons. The van der Waals surface area contributed by atoms with E-state index in [1.165, 1.54) is 38.0 Å². The highest BCUT2D eigenvalue weighted by atomic mass is 15.2. The van der Waals surface area contributed by atoms with Gasteiger partial charge in [-0.25, -0.2) is 0 Å². The van der Waals surface area contributed by atoms with Crippen LogP contribution in [0.1, 0.15) is 6.92 Å². The van der Waals surface area contributed by atoms with E-state index >= 15 is 0 Å². The molecule has 1 aliphatic carbocycles. The molecule has 0 amide bonds. The molecule has 0 saturated carbocycles. The number of fused-ring (bicyclic) bond motifs is 5. The van der Waals surface area contributed by atoms with Crippen molar-refractivity contribution in [1.82, 2.24) is 4.57 Å². The van der Waals surface area contributed by atoms with Crippen molar-refractivity contribution in [3.63, 3.8) is 0 Å². The number of nitrogens with zero attached hydrogens (tertiary/aromatic N) is 4. The number of rotatable bonds is 10. The van der Waals surface area contributed by atoms with Crippen LogP contribution in [0.3, 0.4) is 0 Å². The van der Waals surface area contributed by atoms with Crippen LogP contribution in [-0.4, -0.2) is 10.6 Å². The number of allylic oxidation sites excluding steroid dienone is 2. The molecule has 4 nitrogen and oxygen atoms in total. The molecular weight excluding hydrogens is 813 g/mol. The Morgan fingerprint density at radius 2 is 0.791 bits per heavy atom. The van der Waals surface area contributed by atoms with Crippen LogP contribution in [0.2, 0.25) is 0 Å². The Hall–Kier alpha value is -8.60. The topological polar surface area (TPSA) is 14.7 Å². The lowest BCUT2D eigenvalue weighted by atomic mass is 9.93. The van der Waals surface area contributed by atoms with E-state index in [9.17, 15) is 0 Å². The molecule has 12 rings (SSSR count). The molecule has 0 N–H and O–H groups in total. The van der Waals surface area contributed by atoms with Gasteiger partial charge in [-0.3, -0.25) is 0 Å². The first-order valence-electron chi connectivity index (χ1n) is 23.2. The summed E-state index contributed by atoms with van der Waals surface area (Å²) in [5.74, 6) is 0.289. The highest BCUT2D eigenvalue weighted by molar-refractivity contribution is 6.12. The molecule has 67 heavy (non-hydrogen) atoms.